The minimum absolute atomic E-state index is 0.0270. The van der Waals surface area contributed by atoms with Crippen LogP contribution in [0.1, 0.15) is 31.2 Å². The molecule has 0 aliphatic heterocycles. The van der Waals surface area contributed by atoms with Crippen molar-refractivity contribution in [2.75, 3.05) is 11.1 Å². The highest BCUT2D eigenvalue weighted by Gasteiger charge is 2.53. The molecule has 1 saturated carbocycles. The molecule has 0 radical (unpaired) electrons. The SMILES string of the molecule is CCS(=O)(=O)c1ccc2c(ccn2CC(=O)Nc2cc(F)c(C3(c4noc(-c5ccc(F)cc5)n4)CC3)c(F)c2)c1. The average Bonchev–Trinajstić information content (AvgIpc) is 3.38. The normalized spacial score (nSPS) is 14.3. The Hall–Kier alpha value is -4.45. The molecule has 0 spiro atoms. The summed E-state index contributed by atoms with van der Waals surface area (Å²) >= 11 is 0. The Morgan fingerprint density at radius 3 is 2.39 bits per heavy atom. The monoisotopic (exact) mass is 580 g/mol. The lowest BCUT2D eigenvalue weighted by Crippen LogP contribution is -2.20. The smallest absolute Gasteiger partial charge is 0.257 e. The highest BCUT2D eigenvalue weighted by atomic mass is 32.2. The molecule has 2 aromatic heterocycles. The Morgan fingerprint density at radius 2 is 1.73 bits per heavy atom. The topological polar surface area (TPSA) is 107 Å². The molecule has 1 amide bonds. The lowest BCUT2D eigenvalue weighted by molar-refractivity contribution is -0.116. The maximum atomic E-state index is 15.3. The van der Waals surface area contributed by atoms with Gasteiger partial charge in [0.15, 0.2) is 15.7 Å². The van der Waals surface area contributed by atoms with E-state index in [2.05, 4.69) is 15.5 Å². The summed E-state index contributed by atoms with van der Waals surface area (Å²) in [6, 6.07) is 13.9. The molecule has 8 nitrogen and oxygen atoms in total. The molecular formula is C29H23F3N4O4S. The summed E-state index contributed by atoms with van der Waals surface area (Å²) in [6.45, 7) is 1.40. The van der Waals surface area contributed by atoms with Gasteiger partial charge < -0.3 is 14.4 Å². The second-order valence-corrected chi connectivity index (χ2v) is 12.2. The van der Waals surface area contributed by atoms with Gasteiger partial charge in [-0.15, -0.1) is 0 Å². The number of halogens is 3. The lowest BCUT2D eigenvalue weighted by atomic mass is 9.93. The van der Waals surface area contributed by atoms with Gasteiger partial charge in [-0.1, -0.05) is 12.1 Å². The number of nitrogens with zero attached hydrogens (tertiary/aromatic N) is 3. The fourth-order valence-electron chi connectivity index (χ4n) is 4.97. The zero-order chi connectivity index (χ0) is 28.9. The van der Waals surface area contributed by atoms with E-state index in [1.54, 1.807) is 35.9 Å². The van der Waals surface area contributed by atoms with E-state index in [9.17, 15) is 17.6 Å². The van der Waals surface area contributed by atoms with Crippen LogP contribution in [-0.2, 0) is 26.6 Å². The van der Waals surface area contributed by atoms with Crippen molar-refractivity contribution in [2.24, 2.45) is 0 Å². The minimum Gasteiger partial charge on any atom is -0.338 e. The van der Waals surface area contributed by atoms with Crippen LogP contribution in [0.4, 0.5) is 18.9 Å². The van der Waals surface area contributed by atoms with Crippen LogP contribution in [-0.4, -0.2) is 34.8 Å². The first-order chi connectivity index (χ1) is 19.6. The second-order valence-electron chi connectivity index (χ2n) is 9.94. The Morgan fingerprint density at radius 1 is 1.02 bits per heavy atom. The highest BCUT2D eigenvalue weighted by Crippen LogP contribution is 2.54. The standard InChI is InChI=1S/C29H23F3N4O4S/c1-2-41(38,39)21-7-8-24-18(13-21)9-12-36(24)16-25(37)33-20-14-22(31)26(23(32)15-20)29(10-11-29)28-34-27(40-35-28)17-3-5-19(30)6-4-17/h3-9,12-15H,2,10-11,16H2,1H3,(H,33,37). The van der Waals surface area contributed by atoms with Crippen molar-refractivity contribution in [3.63, 3.8) is 0 Å². The van der Waals surface area contributed by atoms with Gasteiger partial charge in [0.1, 0.15) is 24.0 Å². The van der Waals surface area contributed by atoms with Gasteiger partial charge in [-0.05, 0) is 73.5 Å². The number of nitrogens with one attached hydrogen (secondary N) is 1. The molecule has 12 heteroatoms. The molecule has 6 rings (SSSR count). The summed E-state index contributed by atoms with van der Waals surface area (Å²) in [7, 11) is -3.38. The van der Waals surface area contributed by atoms with Gasteiger partial charge >= 0.3 is 0 Å². The lowest BCUT2D eigenvalue weighted by Gasteiger charge is -2.15. The molecule has 3 aromatic carbocycles. The number of benzene rings is 3. The van der Waals surface area contributed by atoms with Gasteiger partial charge in [0.05, 0.1) is 16.1 Å². The van der Waals surface area contributed by atoms with E-state index in [1.807, 2.05) is 0 Å². The fraction of sp³-hybridized carbons (Fsp3) is 0.207. The van der Waals surface area contributed by atoms with Crippen LogP contribution in [0.3, 0.4) is 0 Å². The molecule has 1 fully saturated rings. The maximum Gasteiger partial charge on any atom is 0.257 e. The van der Waals surface area contributed by atoms with Gasteiger partial charge in [0.2, 0.25) is 5.91 Å². The number of amides is 1. The van der Waals surface area contributed by atoms with Gasteiger partial charge in [-0.25, -0.2) is 21.6 Å². The summed E-state index contributed by atoms with van der Waals surface area (Å²) < 4.78 is 75.2. The van der Waals surface area contributed by atoms with Crippen molar-refractivity contribution in [2.45, 2.75) is 36.6 Å². The first-order valence-corrected chi connectivity index (χ1v) is 14.5. The van der Waals surface area contributed by atoms with E-state index in [1.165, 1.54) is 30.3 Å². The molecule has 5 aromatic rings. The van der Waals surface area contributed by atoms with E-state index in [0.717, 1.165) is 12.1 Å². The number of hydrogen-bond donors (Lipinski definition) is 1. The van der Waals surface area contributed by atoms with Crippen molar-refractivity contribution in [3.8, 4) is 11.5 Å². The van der Waals surface area contributed by atoms with E-state index in [-0.39, 0.29) is 40.2 Å². The van der Waals surface area contributed by atoms with Crippen LogP contribution in [0.25, 0.3) is 22.4 Å². The summed E-state index contributed by atoms with van der Waals surface area (Å²) in [6.07, 6.45) is 2.44. The third-order valence-corrected chi connectivity index (χ3v) is 9.03. The number of aromatic nitrogens is 3. The number of anilines is 1. The first-order valence-electron chi connectivity index (χ1n) is 12.8. The van der Waals surface area contributed by atoms with E-state index in [4.69, 9.17) is 4.52 Å². The number of fused-ring (bicyclic) bond motifs is 1. The Bertz CT molecular complexity index is 1890. The van der Waals surface area contributed by atoms with Gasteiger partial charge in [0, 0.05) is 33.9 Å². The van der Waals surface area contributed by atoms with Crippen molar-refractivity contribution in [1.82, 2.24) is 14.7 Å². The van der Waals surface area contributed by atoms with Gasteiger partial charge in [-0.2, -0.15) is 4.98 Å². The van der Waals surface area contributed by atoms with Crippen molar-refractivity contribution in [3.05, 3.63) is 95.7 Å². The summed E-state index contributed by atoms with van der Waals surface area (Å²) in [5.41, 5.74) is -0.263. The van der Waals surface area contributed by atoms with Crippen molar-refractivity contribution >= 4 is 32.3 Å². The molecular weight excluding hydrogens is 557 g/mol. The highest BCUT2D eigenvalue weighted by molar-refractivity contribution is 7.91. The number of rotatable bonds is 8. The van der Waals surface area contributed by atoms with Crippen LogP contribution in [0, 0.1) is 17.5 Å². The quantitative estimate of drug-likeness (QED) is 0.255. The summed E-state index contributed by atoms with van der Waals surface area (Å²) in [4.78, 5) is 17.3. The van der Waals surface area contributed by atoms with E-state index >= 15 is 8.78 Å². The zero-order valence-electron chi connectivity index (χ0n) is 21.7. The largest absolute Gasteiger partial charge is 0.338 e. The fourth-order valence-corrected chi connectivity index (χ4v) is 5.89. The number of hydrogen-bond acceptors (Lipinski definition) is 6. The molecule has 1 aliphatic rings. The van der Waals surface area contributed by atoms with E-state index < -0.39 is 38.6 Å². The van der Waals surface area contributed by atoms with Crippen LogP contribution in [0.15, 0.2) is 76.3 Å². The second kappa shape index (κ2) is 9.88. The Kier molecular flexibility index (Phi) is 6.45. The molecule has 0 bridgehead atoms. The van der Waals surface area contributed by atoms with Crippen LogP contribution in [0.2, 0.25) is 0 Å². The third-order valence-electron chi connectivity index (χ3n) is 7.30. The van der Waals surface area contributed by atoms with Gasteiger partial charge in [0.25, 0.3) is 5.89 Å². The molecule has 2 heterocycles. The molecule has 0 saturated heterocycles. The molecule has 41 heavy (non-hydrogen) atoms. The Labute approximate surface area is 232 Å². The maximum absolute atomic E-state index is 15.3. The van der Waals surface area contributed by atoms with Crippen LogP contribution in [0.5, 0.6) is 0 Å². The van der Waals surface area contributed by atoms with Gasteiger partial charge in [-0.3, -0.25) is 4.79 Å². The molecule has 1 N–H and O–H groups in total. The summed E-state index contributed by atoms with van der Waals surface area (Å²) in [5.74, 6) is -2.46. The van der Waals surface area contributed by atoms with Crippen molar-refractivity contribution in [1.29, 1.82) is 0 Å². The van der Waals surface area contributed by atoms with Crippen LogP contribution < -0.4 is 5.32 Å². The summed E-state index contributed by atoms with van der Waals surface area (Å²) in [5, 5.41) is 7.12. The predicted molar refractivity (Wildman–Crippen MR) is 144 cm³/mol. The average molecular weight is 581 g/mol. The first kappa shape index (κ1) is 26.8. The van der Waals surface area contributed by atoms with E-state index in [0.29, 0.717) is 29.3 Å². The number of carbonyl (C=O) groups excluding carboxylic acids is 1. The third kappa shape index (κ3) is 4.88. The minimum atomic E-state index is -3.38. The number of sulfone groups is 1. The molecule has 0 atom stereocenters. The van der Waals surface area contributed by atoms with Crippen molar-refractivity contribution < 1.29 is 30.9 Å². The zero-order valence-corrected chi connectivity index (χ0v) is 22.5. The van der Waals surface area contributed by atoms with Crippen LogP contribution >= 0.6 is 0 Å². The molecule has 0 unspecified atom stereocenters. The molecule has 1 aliphatic carbocycles. The Balaban J connectivity index is 1.20. The predicted octanol–water partition coefficient (Wildman–Crippen LogP) is 5.62. The number of carbonyl (C=O) groups is 1. The molecule has 210 valence electrons.